The van der Waals surface area contributed by atoms with Crippen LogP contribution in [0.3, 0.4) is 0 Å². The number of amides is 3. The Labute approximate surface area is 83.0 Å². The first-order chi connectivity index (χ1) is 6.49. The quantitative estimate of drug-likeness (QED) is 0.647. The molecule has 0 unspecified atom stereocenters. The van der Waals surface area contributed by atoms with E-state index in [4.69, 9.17) is 4.74 Å². The zero-order chi connectivity index (χ0) is 10.9. The Morgan fingerprint density at radius 2 is 2.00 bits per heavy atom. The second-order valence-corrected chi connectivity index (χ2v) is 3.24. The van der Waals surface area contributed by atoms with Crippen LogP contribution in [0.25, 0.3) is 0 Å². The van der Waals surface area contributed by atoms with Gasteiger partial charge in [0.2, 0.25) is 6.35 Å². The third kappa shape index (κ3) is 1.65. The Morgan fingerprint density at radius 3 is 2.50 bits per heavy atom. The summed E-state index contributed by atoms with van der Waals surface area (Å²) in [4.78, 5) is 26.8. The van der Waals surface area contributed by atoms with E-state index in [0.29, 0.717) is 6.54 Å². The van der Waals surface area contributed by atoms with Crippen LogP contribution in [0.5, 0.6) is 0 Å². The third-order valence-corrected chi connectivity index (χ3v) is 2.28. The Morgan fingerprint density at radius 1 is 1.43 bits per heavy atom. The van der Waals surface area contributed by atoms with Crippen LogP contribution in [0.15, 0.2) is 0 Å². The lowest BCUT2D eigenvalue weighted by molar-refractivity contribution is -0.102. The number of carbonyl (C=O) groups excluding carboxylic acids is 2. The number of rotatable bonds is 2. The van der Waals surface area contributed by atoms with E-state index in [1.807, 2.05) is 6.92 Å². The highest BCUT2D eigenvalue weighted by Crippen LogP contribution is 2.14. The van der Waals surface area contributed by atoms with Crippen molar-refractivity contribution in [1.29, 1.82) is 0 Å². The molecule has 1 rings (SSSR count). The Balaban J connectivity index is 2.80. The van der Waals surface area contributed by atoms with Crippen molar-refractivity contribution in [2.45, 2.75) is 13.3 Å². The maximum Gasteiger partial charge on any atom is 0.420 e. The lowest BCUT2D eigenvalue weighted by Crippen LogP contribution is -2.60. The largest absolute Gasteiger partial charge is 0.420 e. The van der Waals surface area contributed by atoms with Crippen LogP contribution in [0, 0.1) is 0 Å². The molecule has 14 heavy (non-hydrogen) atoms. The molecular weight excluding hydrogens is 186 g/mol. The summed E-state index contributed by atoms with van der Waals surface area (Å²) in [6.07, 6.45) is -1.21. The van der Waals surface area contributed by atoms with Crippen LogP contribution < -0.4 is 0 Å². The highest BCUT2D eigenvalue weighted by atomic mass is 16.6. The van der Waals surface area contributed by atoms with Crippen LogP contribution in [-0.2, 0) is 4.74 Å². The number of nitrogens with zero attached hydrogens (tertiary/aromatic N) is 3. The molecule has 0 spiro atoms. The van der Waals surface area contributed by atoms with Gasteiger partial charge in [-0.2, -0.15) is 0 Å². The SMILES string of the molecule is CCN(C)[C@H]1OC(=O)N(C)C(=O)N1C. The highest BCUT2D eigenvalue weighted by molar-refractivity contribution is 5.92. The van der Waals surface area contributed by atoms with Crippen molar-refractivity contribution in [2.24, 2.45) is 0 Å². The minimum absolute atomic E-state index is 0.355. The molecule has 6 nitrogen and oxygen atoms in total. The van der Waals surface area contributed by atoms with Crippen molar-refractivity contribution in [3.05, 3.63) is 0 Å². The van der Waals surface area contributed by atoms with E-state index in [2.05, 4.69) is 0 Å². The fourth-order valence-corrected chi connectivity index (χ4v) is 1.20. The van der Waals surface area contributed by atoms with Gasteiger partial charge < -0.3 is 4.74 Å². The van der Waals surface area contributed by atoms with Gasteiger partial charge >= 0.3 is 12.1 Å². The summed E-state index contributed by atoms with van der Waals surface area (Å²) < 4.78 is 5.05. The summed E-state index contributed by atoms with van der Waals surface area (Å²) in [5, 5.41) is 0. The van der Waals surface area contributed by atoms with E-state index in [1.165, 1.54) is 11.9 Å². The number of imide groups is 1. The van der Waals surface area contributed by atoms with Gasteiger partial charge in [-0.15, -0.1) is 0 Å². The molecule has 1 atom stereocenters. The zero-order valence-corrected chi connectivity index (χ0v) is 8.85. The molecule has 6 heteroatoms. The highest BCUT2D eigenvalue weighted by Gasteiger charge is 2.37. The van der Waals surface area contributed by atoms with Crippen molar-refractivity contribution in [2.75, 3.05) is 27.7 Å². The number of ether oxygens (including phenoxy) is 1. The van der Waals surface area contributed by atoms with Gasteiger partial charge in [-0.25, -0.2) is 14.5 Å². The minimum Gasteiger partial charge on any atom is -0.411 e. The van der Waals surface area contributed by atoms with Gasteiger partial charge in [0.1, 0.15) is 0 Å². The topological polar surface area (TPSA) is 53.1 Å². The Bertz CT molecular complexity index is 256. The molecule has 0 aliphatic carbocycles. The molecule has 1 saturated heterocycles. The minimum atomic E-state index is -0.613. The lowest BCUT2D eigenvalue weighted by atomic mass is 10.5. The summed E-state index contributed by atoms with van der Waals surface area (Å²) in [5.74, 6) is 0. The molecule has 0 bridgehead atoms. The van der Waals surface area contributed by atoms with Gasteiger partial charge in [0, 0.05) is 20.6 Å². The monoisotopic (exact) mass is 201 g/mol. The van der Waals surface area contributed by atoms with Crippen molar-refractivity contribution >= 4 is 12.1 Å². The van der Waals surface area contributed by atoms with E-state index < -0.39 is 12.4 Å². The number of hydrogen-bond acceptors (Lipinski definition) is 4. The summed E-state index contributed by atoms with van der Waals surface area (Å²) in [5.41, 5.74) is 0. The van der Waals surface area contributed by atoms with Crippen LogP contribution in [0.4, 0.5) is 9.59 Å². The third-order valence-electron chi connectivity index (χ3n) is 2.28. The first-order valence-corrected chi connectivity index (χ1v) is 4.40. The van der Waals surface area contributed by atoms with Gasteiger partial charge in [0.25, 0.3) is 0 Å². The van der Waals surface area contributed by atoms with Gasteiger partial charge in [-0.05, 0) is 7.05 Å². The molecule has 0 aromatic carbocycles. The Kier molecular flexibility index (Phi) is 2.95. The normalized spacial score (nSPS) is 23.1. The van der Waals surface area contributed by atoms with Crippen LogP contribution in [-0.4, -0.2) is 60.9 Å². The maximum atomic E-state index is 11.5. The first-order valence-electron chi connectivity index (χ1n) is 4.40. The van der Waals surface area contributed by atoms with Crippen molar-refractivity contribution < 1.29 is 14.3 Å². The molecule has 1 heterocycles. The molecule has 0 radical (unpaired) electrons. The summed E-state index contributed by atoms with van der Waals surface area (Å²) in [6, 6.07) is -0.355. The second-order valence-electron chi connectivity index (χ2n) is 3.24. The summed E-state index contributed by atoms with van der Waals surface area (Å²) in [7, 11) is 4.78. The molecule has 0 saturated carbocycles. The van der Waals surface area contributed by atoms with Crippen molar-refractivity contribution in [3.8, 4) is 0 Å². The molecule has 1 aliphatic heterocycles. The number of carbonyl (C=O) groups is 2. The van der Waals surface area contributed by atoms with Crippen molar-refractivity contribution in [3.63, 3.8) is 0 Å². The summed E-state index contributed by atoms with van der Waals surface area (Å²) in [6.45, 7) is 2.61. The molecule has 80 valence electrons. The number of hydrogen-bond donors (Lipinski definition) is 0. The first kappa shape index (κ1) is 10.8. The molecule has 0 aromatic heterocycles. The fraction of sp³-hybridized carbons (Fsp3) is 0.750. The van der Waals surface area contributed by atoms with Gasteiger partial charge in [-0.1, -0.05) is 6.92 Å². The molecule has 1 fully saturated rings. The van der Waals surface area contributed by atoms with E-state index >= 15 is 0 Å². The average molecular weight is 201 g/mol. The average Bonchev–Trinajstić information content (AvgIpc) is 2.19. The number of urea groups is 1. The second kappa shape index (κ2) is 3.83. The maximum absolute atomic E-state index is 11.5. The Hall–Kier alpha value is -1.30. The van der Waals surface area contributed by atoms with Crippen LogP contribution >= 0.6 is 0 Å². The smallest absolute Gasteiger partial charge is 0.411 e. The fourth-order valence-electron chi connectivity index (χ4n) is 1.20. The predicted octanol–water partition coefficient (Wildman–Crippen LogP) is 0.356. The van der Waals surface area contributed by atoms with Gasteiger partial charge in [-0.3, -0.25) is 9.80 Å². The van der Waals surface area contributed by atoms with Gasteiger partial charge in [0.15, 0.2) is 0 Å². The molecule has 1 aliphatic rings. The summed E-state index contributed by atoms with van der Waals surface area (Å²) >= 11 is 0. The van der Waals surface area contributed by atoms with Crippen LogP contribution in [0.1, 0.15) is 6.92 Å². The molecule has 0 N–H and O–H groups in total. The van der Waals surface area contributed by atoms with Gasteiger partial charge in [0.05, 0.1) is 0 Å². The van der Waals surface area contributed by atoms with Crippen molar-refractivity contribution in [1.82, 2.24) is 14.7 Å². The van der Waals surface area contributed by atoms with E-state index in [9.17, 15) is 9.59 Å². The zero-order valence-electron chi connectivity index (χ0n) is 8.85. The molecular formula is C8H15N3O3. The molecule has 0 aromatic rings. The standard InChI is InChI=1S/C8H15N3O3/c1-5-9(2)7-10(3)6(12)11(4)8(13)14-7/h7H,5H2,1-4H3/t7-/m1/s1. The van der Waals surface area contributed by atoms with E-state index in [-0.39, 0.29) is 6.03 Å². The van der Waals surface area contributed by atoms with Crippen LogP contribution in [0.2, 0.25) is 0 Å². The van der Waals surface area contributed by atoms with E-state index in [1.54, 1.807) is 19.0 Å². The van der Waals surface area contributed by atoms with E-state index in [0.717, 1.165) is 4.90 Å². The lowest BCUT2D eigenvalue weighted by Gasteiger charge is -2.39. The number of cyclic esters (lactones) is 1. The molecule has 3 amide bonds. The predicted molar refractivity (Wildman–Crippen MR) is 49.5 cm³/mol.